The van der Waals surface area contributed by atoms with Crippen LogP contribution in [0, 0.1) is 17.1 Å². The van der Waals surface area contributed by atoms with Crippen LogP contribution >= 0.6 is 0 Å². The number of carbonyl (C=O) groups is 1. The van der Waals surface area contributed by atoms with Crippen LogP contribution in [-0.4, -0.2) is 15.7 Å². The lowest BCUT2D eigenvalue weighted by Crippen LogP contribution is -2.15. The van der Waals surface area contributed by atoms with Crippen molar-refractivity contribution in [3.63, 3.8) is 0 Å². The van der Waals surface area contributed by atoms with Crippen LogP contribution in [0.5, 0.6) is 0 Å². The van der Waals surface area contributed by atoms with E-state index in [4.69, 9.17) is 5.26 Å². The van der Waals surface area contributed by atoms with Gasteiger partial charge in [0.15, 0.2) is 5.69 Å². The monoisotopic (exact) mass is 366 g/mol. The summed E-state index contributed by atoms with van der Waals surface area (Å²) in [5, 5.41) is 14.7. The Balaban J connectivity index is 2.14. The molecule has 0 saturated carbocycles. The maximum absolute atomic E-state index is 13.6. The van der Waals surface area contributed by atoms with Gasteiger partial charge in [0.25, 0.3) is 0 Å². The molecule has 1 aliphatic rings. The Hall–Kier alpha value is -2.89. The molecule has 0 bridgehead atoms. The second-order valence-electron chi connectivity index (χ2n) is 5.94. The summed E-state index contributed by atoms with van der Waals surface area (Å²) in [5.41, 5.74) is -0.305. The van der Waals surface area contributed by atoms with Gasteiger partial charge in [0.05, 0.1) is 17.4 Å². The molecule has 1 N–H and O–H groups in total. The molecule has 26 heavy (non-hydrogen) atoms. The second kappa shape index (κ2) is 6.78. The van der Waals surface area contributed by atoms with Crippen molar-refractivity contribution in [3.8, 4) is 11.8 Å². The van der Waals surface area contributed by atoms with Gasteiger partial charge in [0.1, 0.15) is 12.2 Å². The maximum Gasteiger partial charge on any atom is 0.435 e. The summed E-state index contributed by atoms with van der Waals surface area (Å²) in [6, 6.07) is 5.00. The number of carbonyl (C=O) groups excluding carboxylic acids is 1. The molecular weight excluding hydrogens is 352 g/mol. The summed E-state index contributed by atoms with van der Waals surface area (Å²) in [7, 11) is 0. The molecule has 1 heterocycles. The smallest absolute Gasteiger partial charge is 0.323 e. The number of fused-ring (bicyclic) bond motifs is 1. The Kier molecular flexibility index (Phi) is 4.68. The number of halogens is 4. The van der Waals surface area contributed by atoms with Gasteiger partial charge >= 0.3 is 6.18 Å². The molecule has 0 aliphatic heterocycles. The van der Waals surface area contributed by atoms with E-state index in [-0.39, 0.29) is 23.4 Å². The summed E-state index contributed by atoms with van der Waals surface area (Å²) < 4.78 is 54.7. The molecule has 0 saturated heterocycles. The van der Waals surface area contributed by atoms with Crippen molar-refractivity contribution in [2.45, 2.75) is 38.3 Å². The number of alkyl halides is 3. The highest BCUT2D eigenvalue weighted by Gasteiger charge is 2.40. The lowest BCUT2D eigenvalue weighted by molar-refractivity contribution is -0.142. The number of rotatable bonds is 3. The number of amides is 1. The Morgan fingerprint density at radius 3 is 2.73 bits per heavy atom. The Morgan fingerprint density at radius 1 is 1.31 bits per heavy atom. The van der Waals surface area contributed by atoms with E-state index in [2.05, 4.69) is 10.4 Å². The van der Waals surface area contributed by atoms with Gasteiger partial charge in [-0.1, -0.05) is 0 Å². The molecule has 2 aromatic rings. The zero-order valence-corrected chi connectivity index (χ0v) is 13.5. The molecular formula is C17H14F4N4O. The highest BCUT2D eigenvalue weighted by molar-refractivity contribution is 5.94. The fourth-order valence-corrected chi connectivity index (χ4v) is 3.09. The largest absolute Gasteiger partial charge is 0.435 e. The van der Waals surface area contributed by atoms with Crippen LogP contribution in [0.1, 0.15) is 36.2 Å². The van der Waals surface area contributed by atoms with Crippen LogP contribution in [0.4, 0.5) is 23.2 Å². The first-order valence-corrected chi connectivity index (χ1v) is 7.96. The third-order valence-electron chi connectivity index (χ3n) is 4.15. The van der Waals surface area contributed by atoms with Gasteiger partial charge in [-0.3, -0.25) is 4.79 Å². The van der Waals surface area contributed by atoms with E-state index in [0.29, 0.717) is 25.0 Å². The lowest BCUT2D eigenvalue weighted by Gasteiger charge is -2.16. The summed E-state index contributed by atoms with van der Waals surface area (Å²) in [4.78, 5) is 11.7. The highest BCUT2D eigenvalue weighted by atomic mass is 19.4. The van der Waals surface area contributed by atoms with Crippen LogP contribution in [0.15, 0.2) is 18.2 Å². The Morgan fingerprint density at radius 2 is 2.04 bits per heavy atom. The van der Waals surface area contributed by atoms with Gasteiger partial charge in [-0.25, -0.2) is 9.07 Å². The molecule has 1 amide bonds. The van der Waals surface area contributed by atoms with Crippen molar-refractivity contribution < 1.29 is 22.4 Å². The van der Waals surface area contributed by atoms with Gasteiger partial charge in [-0.2, -0.15) is 23.5 Å². The third-order valence-corrected chi connectivity index (χ3v) is 4.15. The highest BCUT2D eigenvalue weighted by Crippen LogP contribution is 2.37. The van der Waals surface area contributed by atoms with E-state index in [1.54, 1.807) is 6.07 Å². The van der Waals surface area contributed by atoms with Crippen LogP contribution in [0.25, 0.3) is 5.69 Å². The molecule has 1 aromatic carbocycles. The molecule has 5 nitrogen and oxygen atoms in total. The predicted octanol–water partition coefficient (Wildman–Crippen LogP) is 3.76. The number of aromatic nitrogens is 2. The van der Waals surface area contributed by atoms with Gasteiger partial charge in [-0.05, 0) is 43.9 Å². The number of nitrogens with one attached hydrogen (secondary N) is 1. The second-order valence-corrected chi connectivity index (χ2v) is 5.94. The number of nitrogens with zero attached hydrogens (tertiary/aromatic N) is 3. The lowest BCUT2D eigenvalue weighted by atomic mass is 9.95. The van der Waals surface area contributed by atoms with Crippen LogP contribution in [0.2, 0.25) is 0 Å². The summed E-state index contributed by atoms with van der Waals surface area (Å²) >= 11 is 0. The number of nitriles is 1. The van der Waals surface area contributed by atoms with E-state index in [1.165, 1.54) is 6.07 Å². The molecule has 1 aromatic heterocycles. The van der Waals surface area contributed by atoms with Crippen molar-refractivity contribution in [1.29, 1.82) is 5.26 Å². The molecule has 0 radical (unpaired) electrons. The molecule has 0 spiro atoms. The van der Waals surface area contributed by atoms with Crippen molar-refractivity contribution in [2.75, 3.05) is 5.32 Å². The number of anilines is 1. The molecule has 3 rings (SSSR count). The van der Waals surface area contributed by atoms with Crippen molar-refractivity contribution in [2.24, 2.45) is 0 Å². The van der Waals surface area contributed by atoms with E-state index >= 15 is 0 Å². The fourth-order valence-electron chi connectivity index (χ4n) is 3.09. The van der Waals surface area contributed by atoms with Crippen molar-refractivity contribution in [3.05, 3.63) is 41.0 Å². The first-order chi connectivity index (χ1) is 12.3. The standard InChI is InChI=1S/C17H14F4N4O/c18-10-5-6-14(12(9-10)23-15(26)7-8-22)25-13-4-2-1-3-11(13)16(24-25)17(19,20)21/h5-6,9H,1-4,7H2,(H,23,26). The number of benzene rings is 1. The predicted molar refractivity (Wildman–Crippen MR) is 84.0 cm³/mol. The number of hydrogen-bond acceptors (Lipinski definition) is 3. The summed E-state index contributed by atoms with van der Waals surface area (Å²) in [6.45, 7) is 0. The SMILES string of the molecule is N#CCC(=O)Nc1cc(F)ccc1-n1nc(C(F)(F)F)c2c1CCCC2. The average Bonchev–Trinajstić information content (AvgIpc) is 2.95. The number of hydrogen-bond donors (Lipinski definition) is 1. The van der Waals surface area contributed by atoms with E-state index in [1.807, 2.05) is 0 Å². The van der Waals surface area contributed by atoms with E-state index in [0.717, 1.165) is 16.8 Å². The van der Waals surface area contributed by atoms with Gasteiger partial charge in [0, 0.05) is 11.3 Å². The zero-order chi connectivity index (χ0) is 18.9. The molecule has 0 atom stereocenters. The molecule has 9 heteroatoms. The zero-order valence-electron chi connectivity index (χ0n) is 13.5. The van der Waals surface area contributed by atoms with Crippen molar-refractivity contribution >= 4 is 11.6 Å². The normalized spacial score (nSPS) is 13.8. The fraction of sp³-hybridized carbons (Fsp3) is 0.353. The minimum absolute atomic E-state index is 0.0325. The molecule has 1 aliphatic carbocycles. The van der Waals surface area contributed by atoms with Crippen molar-refractivity contribution in [1.82, 2.24) is 9.78 Å². The Labute approximate surface area is 146 Å². The average molecular weight is 366 g/mol. The van der Waals surface area contributed by atoms with E-state index < -0.39 is 30.0 Å². The van der Waals surface area contributed by atoms with E-state index in [9.17, 15) is 22.4 Å². The minimum Gasteiger partial charge on any atom is -0.323 e. The molecule has 136 valence electrons. The van der Waals surface area contributed by atoms with Crippen LogP contribution < -0.4 is 5.32 Å². The van der Waals surface area contributed by atoms with Gasteiger partial charge < -0.3 is 5.32 Å². The maximum atomic E-state index is 13.6. The summed E-state index contributed by atoms with van der Waals surface area (Å²) in [5.74, 6) is -1.35. The van der Waals surface area contributed by atoms with Crippen LogP contribution in [-0.2, 0) is 23.8 Å². The quantitative estimate of drug-likeness (QED) is 0.841. The first kappa shape index (κ1) is 17.9. The minimum atomic E-state index is -4.60. The van der Waals surface area contributed by atoms with Crippen LogP contribution in [0.3, 0.4) is 0 Å². The topological polar surface area (TPSA) is 70.7 Å². The molecule has 0 fully saturated rings. The first-order valence-electron chi connectivity index (χ1n) is 7.96. The summed E-state index contributed by atoms with van der Waals surface area (Å²) in [6.07, 6.45) is -3.04. The van der Waals surface area contributed by atoms with Gasteiger partial charge in [0.2, 0.25) is 5.91 Å². The molecule has 0 unspecified atom stereocenters. The van der Waals surface area contributed by atoms with Gasteiger partial charge in [-0.15, -0.1) is 0 Å². The Bertz CT molecular complexity index is 895. The third kappa shape index (κ3) is 3.40.